The molecule has 0 saturated heterocycles. The Morgan fingerprint density at radius 1 is 0.259 bits per heavy atom. The van der Waals surface area contributed by atoms with Crippen LogP contribution in [0.2, 0.25) is 0 Å². The Labute approximate surface area is 173 Å². The summed E-state index contributed by atoms with van der Waals surface area (Å²) < 4.78 is 0. The van der Waals surface area contributed by atoms with Crippen molar-refractivity contribution in [3.05, 3.63) is 122 Å². The molecule has 1 radical (unpaired) electrons. The number of hydrogen-bond acceptors (Lipinski definition) is 4. The third-order valence-electron chi connectivity index (χ3n) is 2.27. The van der Waals surface area contributed by atoms with Crippen LogP contribution in [0.1, 0.15) is 0 Å². The van der Waals surface area contributed by atoms with Crippen molar-refractivity contribution in [2.75, 3.05) is 0 Å². The number of hydrogen-bond donors (Lipinski definition) is 0. The minimum absolute atomic E-state index is 0. The quantitative estimate of drug-likeness (QED) is 0.339. The van der Waals surface area contributed by atoms with Crippen LogP contribution in [0.3, 0.4) is 0 Å². The van der Waals surface area contributed by atoms with Crippen molar-refractivity contribution in [3.63, 3.8) is 0 Å². The average molecular weight is 535 g/mol. The number of nitrogens with zero attached hydrogens (tertiary/aromatic N) is 4. The molecular weight excluding hydrogens is 514 g/mol. The van der Waals surface area contributed by atoms with Crippen molar-refractivity contribution in [3.8, 4) is 0 Å². The van der Waals surface area contributed by atoms with Crippen LogP contribution in [0.15, 0.2) is 122 Å². The van der Waals surface area contributed by atoms with Crippen LogP contribution in [0.4, 0.5) is 0 Å². The van der Waals surface area contributed by atoms with Crippen LogP contribution in [-0.4, -0.2) is 19.9 Å². The van der Waals surface area contributed by atoms with E-state index in [1.807, 2.05) is 72.8 Å². The molecule has 6 nitrogen and oxygen atoms in total. The summed E-state index contributed by atoms with van der Waals surface area (Å²) in [6, 6.07) is 22.9. The first-order valence-corrected chi connectivity index (χ1v) is 7.40. The average Bonchev–Trinajstić information content (AvgIpc) is 2.75. The second kappa shape index (κ2) is 25.4. The monoisotopic (exact) mass is 535 g/mol. The number of pyridine rings is 4. The molecule has 4 aromatic rings. The van der Waals surface area contributed by atoms with Gasteiger partial charge in [-0.1, -0.05) is 24.3 Å². The summed E-state index contributed by atoms with van der Waals surface area (Å²) in [6.45, 7) is 0. The molecule has 4 heterocycles. The molecule has 143 valence electrons. The molecular formula is C20H20N4O2Re-4. The standard InChI is InChI=1S/4C5H5N.2O.Re/c4*1-2-4-6-5-3-1;;;/h4*1-5H;;;/q;;;;2*-2;. The summed E-state index contributed by atoms with van der Waals surface area (Å²) in [6.07, 6.45) is 14.0. The summed E-state index contributed by atoms with van der Waals surface area (Å²) in [5.41, 5.74) is 0. The summed E-state index contributed by atoms with van der Waals surface area (Å²) in [5, 5.41) is 0. The van der Waals surface area contributed by atoms with Crippen molar-refractivity contribution < 1.29 is 31.4 Å². The van der Waals surface area contributed by atoms with Crippen LogP contribution >= 0.6 is 0 Å². The second-order valence-electron chi connectivity index (χ2n) is 4.10. The van der Waals surface area contributed by atoms with Crippen LogP contribution in [0.25, 0.3) is 0 Å². The van der Waals surface area contributed by atoms with Gasteiger partial charge >= 0.3 is 0 Å². The van der Waals surface area contributed by atoms with Crippen molar-refractivity contribution in [2.24, 2.45) is 0 Å². The van der Waals surface area contributed by atoms with Crippen molar-refractivity contribution in [1.82, 2.24) is 19.9 Å². The Hall–Kier alpha value is -2.82. The van der Waals surface area contributed by atoms with E-state index in [0.717, 1.165) is 0 Å². The van der Waals surface area contributed by atoms with Crippen LogP contribution < -0.4 is 0 Å². The third-order valence-corrected chi connectivity index (χ3v) is 2.27. The Morgan fingerprint density at radius 3 is 0.444 bits per heavy atom. The predicted octanol–water partition coefficient (Wildman–Crippen LogP) is 4.09. The van der Waals surface area contributed by atoms with Gasteiger partial charge in [-0.15, -0.1) is 0 Å². The minimum Gasteiger partial charge on any atom is -2.00 e. The van der Waals surface area contributed by atoms with E-state index in [2.05, 4.69) is 19.9 Å². The van der Waals surface area contributed by atoms with Gasteiger partial charge in [-0.2, -0.15) is 0 Å². The molecule has 0 aliphatic rings. The Kier molecular flexibility index (Phi) is 27.3. The third kappa shape index (κ3) is 23.2. The zero-order valence-corrected chi connectivity index (χ0v) is 17.2. The van der Waals surface area contributed by atoms with Crippen molar-refractivity contribution in [1.29, 1.82) is 0 Å². The van der Waals surface area contributed by atoms with E-state index in [0.29, 0.717) is 0 Å². The van der Waals surface area contributed by atoms with Gasteiger partial charge in [0.1, 0.15) is 0 Å². The van der Waals surface area contributed by atoms with Gasteiger partial charge in [0.2, 0.25) is 0 Å². The molecule has 0 atom stereocenters. The Bertz CT molecular complexity index is 446. The molecule has 0 spiro atoms. The molecule has 0 unspecified atom stereocenters. The van der Waals surface area contributed by atoms with Crippen molar-refractivity contribution >= 4 is 0 Å². The number of rotatable bonds is 0. The first-order chi connectivity index (χ1) is 12.0. The molecule has 0 fully saturated rings. The molecule has 0 aliphatic carbocycles. The summed E-state index contributed by atoms with van der Waals surface area (Å²) >= 11 is 0. The smallest absolute Gasteiger partial charge is 0.0267 e. The predicted molar refractivity (Wildman–Crippen MR) is 98.3 cm³/mol. The van der Waals surface area contributed by atoms with E-state index in [-0.39, 0.29) is 31.4 Å². The number of aromatic nitrogens is 4. The van der Waals surface area contributed by atoms with Gasteiger partial charge in [0.05, 0.1) is 0 Å². The maximum Gasteiger partial charge on any atom is 0.0267 e. The molecule has 4 rings (SSSR count). The van der Waals surface area contributed by atoms with Gasteiger partial charge in [-0.25, -0.2) is 0 Å². The summed E-state index contributed by atoms with van der Waals surface area (Å²) in [5.74, 6) is 0. The Balaban J connectivity index is -0.000000274. The van der Waals surface area contributed by atoms with Gasteiger partial charge in [0, 0.05) is 70.0 Å². The topological polar surface area (TPSA) is 109 Å². The van der Waals surface area contributed by atoms with E-state index >= 15 is 0 Å². The maximum atomic E-state index is 3.78. The first kappa shape index (κ1) is 29.0. The zero-order valence-electron chi connectivity index (χ0n) is 14.5. The van der Waals surface area contributed by atoms with Crippen LogP contribution in [0.5, 0.6) is 0 Å². The second-order valence-corrected chi connectivity index (χ2v) is 4.10. The summed E-state index contributed by atoms with van der Waals surface area (Å²) in [4.78, 5) is 15.1. The fraction of sp³-hybridized carbons (Fsp3) is 0. The van der Waals surface area contributed by atoms with Crippen LogP contribution in [0, 0.1) is 0 Å². The van der Waals surface area contributed by atoms with Gasteiger partial charge in [-0.05, 0) is 48.5 Å². The van der Waals surface area contributed by atoms with E-state index in [9.17, 15) is 0 Å². The molecule has 0 amide bonds. The molecule has 0 bridgehead atoms. The minimum atomic E-state index is 0. The van der Waals surface area contributed by atoms with E-state index < -0.39 is 0 Å². The molecule has 27 heavy (non-hydrogen) atoms. The van der Waals surface area contributed by atoms with Gasteiger partial charge in [-0.3, -0.25) is 19.9 Å². The molecule has 4 aromatic heterocycles. The molecule has 0 N–H and O–H groups in total. The van der Waals surface area contributed by atoms with Crippen molar-refractivity contribution in [2.45, 2.75) is 0 Å². The Morgan fingerprint density at radius 2 is 0.407 bits per heavy atom. The van der Waals surface area contributed by atoms with Gasteiger partial charge < -0.3 is 11.0 Å². The molecule has 0 aliphatic heterocycles. The van der Waals surface area contributed by atoms with E-state index in [1.165, 1.54) is 0 Å². The first-order valence-electron chi connectivity index (χ1n) is 7.40. The molecule has 0 aromatic carbocycles. The normalized spacial score (nSPS) is 7.11. The molecule has 0 saturated carbocycles. The van der Waals surface area contributed by atoms with Gasteiger partial charge in [0.25, 0.3) is 0 Å². The van der Waals surface area contributed by atoms with E-state index in [4.69, 9.17) is 0 Å². The largest absolute Gasteiger partial charge is 2.00 e. The van der Waals surface area contributed by atoms with Crippen LogP contribution in [-0.2, 0) is 31.4 Å². The summed E-state index contributed by atoms with van der Waals surface area (Å²) in [7, 11) is 0. The maximum absolute atomic E-state index is 3.78. The SMILES string of the molecule is [O-2].[O-2].[Re].c1ccncc1.c1ccncc1.c1ccncc1.c1ccncc1. The van der Waals surface area contributed by atoms with E-state index in [1.54, 1.807) is 49.6 Å². The molecule has 7 heteroatoms. The van der Waals surface area contributed by atoms with Gasteiger partial charge in [0.15, 0.2) is 0 Å². The fourth-order valence-corrected chi connectivity index (χ4v) is 1.25. The zero-order chi connectivity index (χ0) is 17.0. The fourth-order valence-electron chi connectivity index (χ4n) is 1.25.